The van der Waals surface area contributed by atoms with Gasteiger partial charge < -0.3 is 5.32 Å². The van der Waals surface area contributed by atoms with Crippen molar-refractivity contribution in [3.05, 3.63) is 106 Å². The lowest BCUT2D eigenvalue weighted by Gasteiger charge is -2.25. The molecule has 2 aromatic carbocycles. The molecule has 8 heteroatoms. The maximum atomic E-state index is 12.9. The van der Waals surface area contributed by atoms with Crippen LogP contribution in [0.15, 0.2) is 79.1 Å². The molecular weight excluding hydrogens is 446 g/mol. The Morgan fingerprint density at radius 1 is 0.941 bits per heavy atom. The minimum Gasteiger partial charge on any atom is -0.322 e. The number of anilines is 2. The van der Waals surface area contributed by atoms with E-state index in [1.165, 1.54) is 28.0 Å². The third kappa shape index (κ3) is 5.19. The van der Waals surface area contributed by atoms with Gasteiger partial charge in [-0.1, -0.05) is 36.4 Å². The molecule has 2 amide bonds. The number of rotatable bonds is 6. The summed E-state index contributed by atoms with van der Waals surface area (Å²) in [5.41, 5.74) is 3.79. The predicted octanol–water partition coefficient (Wildman–Crippen LogP) is 4.60. The molecule has 0 unspecified atom stereocenters. The highest BCUT2D eigenvalue weighted by Crippen LogP contribution is 2.29. The molecule has 4 aromatic rings. The van der Waals surface area contributed by atoms with Crippen molar-refractivity contribution in [1.82, 2.24) is 14.9 Å². The van der Waals surface area contributed by atoms with Gasteiger partial charge in [0.2, 0.25) is 0 Å². The summed E-state index contributed by atoms with van der Waals surface area (Å²) in [5, 5.41) is 6.32. The van der Waals surface area contributed by atoms with Gasteiger partial charge in [-0.25, -0.2) is 4.98 Å². The van der Waals surface area contributed by atoms with Crippen LogP contribution in [0.3, 0.4) is 0 Å². The molecule has 2 N–H and O–H groups in total. The first kappa shape index (κ1) is 21.9. The smallest absolute Gasteiger partial charge is 0.257 e. The standard InChI is InChI=1S/C26H23N5O2S/c32-24(19-8-4-10-21(14-19)28-25(33)20-9-5-12-27-15-20)30-26-29-22-11-13-31(17-23(22)34-26)16-18-6-2-1-3-7-18/h1-10,12,14-15H,11,13,16-17H2,(H,28,33)(H,29,30,32). The molecule has 170 valence electrons. The second kappa shape index (κ2) is 9.94. The maximum Gasteiger partial charge on any atom is 0.257 e. The minimum absolute atomic E-state index is 0.260. The summed E-state index contributed by atoms with van der Waals surface area (Å²) in [6.07, 6.45) is 3.97. The van der Waals surface area contributed by atoms with Crippen molar-refractivity contribution in [2.75, 3.05) is 17.2 Å². The van der Waals surface area contributed by atoms with Crippen molar-refractivity contribution in [2.45, 2.75) is 19.5 Å². The van der Waals surface area contributed by atoms with Gasteiger partial charge in [0.1, 0.15) is 0 Å². The van der Waals surface area contributed by atoms with Crippen molar-refractivity contribution in [3.8, 4) is 0 Å². The van der Waals surface area contributed by atoms with E-state index >= 15 is 0 Å². The van der Waals surface area contributed by atoms with Crippen LogP contribution in [0.5, 0.6) is 0 Å². The number of hydrogen-bond acceptors (Lipinski definition) is 6. The highest BCUT2D eigenvalue weighted by molar-refractivity contribution is 7.15. The van der Waals surface area contributed by atoms with Crippen molar-refractivity contribution in [1.29, 1.82) is 0 Å². The van der Waals surface area contributed by atoms with Crippen LogP contribution < -0.4 is 10.6 Å². The summed E-state index contributed by atoms with van der Waals surface area (Å²) < 4.78 is 0. The van der Waals surface area contributed by atoms with Crippen LogP contribution in [0.4, 0.5) is 10.8 Å². The summed E-state index contributed by atoms with van der Waals surface area (Å²) >= 11 is 1.52. The Morgan fingerprint density at radius 3 is 2.59 bits per heavy atom. The molecule has 0 atom stereocenters. The average molecular weight is 470 g/mol. The van der Waals surface area contributed by atoms with Gasteiger partial charge in [-0.2, -0.15) is 0 Å². The van der Waals surface area contributed by atoms with Crippen molar-refractivity contribution in [2.24, 2.45) is 0 Å². The second-order valence-corrected chi connectivity index (χ2v) is 9.15. The molecule has 5 rings (SSSR count). The highest BCUT2D eigenvalue weighted by atomic mass is 32.1. The van der Waals surface area contributed by atoms with Gasteiger partial charge >= 0.3 is 0 Å². The number of pyridine rings is 1. The van der Waals surface area contributed by atoms with Crippen LogP contribution in [-0.4, -0.2) is 33.2 Å². The Bertz CT molecular complexity index is 1310. The molecule has 7 nitrogen and oxygen atoms in total. The van der Waals surface area contributed by atoms with E-state index in [4.69, 9.17) is 0 Å². The molecule has 34 heavy (non-hydrogen) atoms. The molecule has 2 aromatic heterocycles. The topological polar surface area (TPSA) is 87.2 Å². The lowest BCUT2D eigenvalue weighted by atomic mass is 10.1. The van der Waals surface area contributed by atoms with Gasteiger partial charge in [-0.3, -0.25) is 24.8 Å². The minimum atomic E-state index is -0.279. The fraction of sp³-hybridized carbons (Fsp3) is 0.154. The number of hydrogen-bond donors (Lipinski definition) is 2. The Balaban J connectivity index is 1.22. The first-order valence-corrected chi connectivity index (χ1v) is 11.8. The number of benzene rings is 2. The lowest BCUT2D eigenvalue weighted by Crippen LogP contribution is -2.29. The largest absolute Gasteiger partial charge is 0.322 e. The van der Waals surface area contributed by atoms with E-state index in [9.17, 15) is 9.59 Å². The zero-order valence-electron chi connectivity index (χ0n) is 18.4. The van der Waals surface area contributed by atoms with Gasteiger partial charge in [0, 0.05) is 54.6 Å². The summed E-state index contributed by atoms with van der Waals surface area (Å²) in [6.45, 7) is 2.67. The summed E-state index contributed by atoms with van der Waals surface area (Å²) in [5.74, 6) is -0.539. The number of thiazole rings is 1. The monoisotopic (exact) mass is 469 g/mol. The molecule has 0 saturated heterocycles. The summed E-state index contributed by atoms with van der Waals surface area (Å²) in [6, 6.07) is 20.7. The fourth-order valence-corrected chi connectivity index (χ4v) is 4.93. The number of nitrogens with zero attached hydrogens (tertiary/aromatic N) is 3. The second-order valence-electron chi connectivity index (χ2n) is 8.07. The quantitative estimate of drug-likeness (QED) is 0.431. The van der Waals surface area contributed by atoms with Crippen LogP contribution in [0.1, 0.15) is 36.9 Å². The zero-order valence-corrected chi connectivity index (χ0v) is 19.2. The first-order valence-electron chi connectivity index (χ1n) is 11.0. The average Bonchev–Trinajstić information content (AvgIpc) is 3.27. The van der Waals surface area contributed by atoms with Crippen molar-refractivity contribution in [3.63, 3.8) is 0 Å². The van der Waals surface area contributed by atoms with Gasteiger partial charge in [-0.05, 0) is 35.9 Å². The number of nitrogens with one attached hydrogen (secondary N) is 2. The highest BCUT2D eigenvalue weighted by Gasteiger charge is 2.22. The van der Waals surface area contributed by atoms with E-state index < -0.39 is 0 Å². The number of aromatic nitrogens is 2. The molecule has 1 aliphatic heterocycles. The van der Waals surface area contributed by atoms with Crippen LogP contribution in [0.2, 0.25) is 0 Å². The van der Waals surface area contributed by atoms with Crippen LogP contribution in [-0.2, 0) is 19.5 Å². The molecule has 0 spiro atoms. The van der Waals surface area contributed by atoms with E-state index in [2.05, 4.69) is 49.8 Å². The van der Waals surface area contributed by atoms with E-state index in [-0.39, 0.29) is 11.8 Å². The van der Waals surface area contributed by atoms with Gasteiger partial charge in [-0.15, -0.1) is 11.3 Å². The Hall–Kier alpha value is -3.88. The first-order chi connectivity index (χ1) is 16.6. The van der Waals surface area contributed by atoms with Crippen molar-refractivity contribution < 1.29 is 9.59 Å². The number of fused-ring (bicyclic) bond motifs is 1. The molecule has 0 radical (unpaired) electrons. The number of amides is 2. The molecule has 3 heterocycles. The molecule has 0 saturated carbocycles. The zero-order chi connectivity index (χ0) is 23.3. The van der Waals surface area contributed by atoms with Crippen molar-refractivity contribution >= 4 is 34.0 Å². The molecule has 1 aliphatic rings. The Morgan fingerprint density at radius 2 is 1.76 bits per heavy atom. The Kier molecular flexibility index (Phi) is 6.42. The van der Waals surface area contributed by atoms with E-state index in [1.54, 1.807) is 42.6 Å². The van der Waals surface area contributed by atoms with E-state index in [0.29, 0.717) is 21.9 Å². The van der Waals surface area contributed by atoms with Gasteiger partial charge in [0.25, 0.3) is 11.8 Å². The molecule has 0 fully saturated rings. The predicted molar refractivity (Wildman–Crippen MR) is 133 cm³/mol. The molecular formula is C26H23N5O2S. The van der Waals surface area contributed by atoms with Crippen LogP contribution in [0, 0.1) is 0 Å². The number of carbonyl (C=O) groups excluding carboxylic acids is 2. The normalized spacial score (nSPS) is 13.2. The van der Waals surface area contributed by atoms with Crippen LogP contribution >= 0.6 is 11.3 Å². The van der Waals surface area contributed by atoms with Gasteiger partial charge in [0.15, 0.2) is 5.13 Å². The van der Waals surface area contributed by atoms with Crippen LogP contribution in [0.25, 0.3) is 0 Å². The van der Waals surface area contributed by atoms with Gasteiger partial charge in [0.05, 0.1) is 11.3 Å². The van der Waals surface area contributed by atoms with E-state index in [1.807, 2.05) is 6.07 Å². The molecule has 0 bridgehead atoms. The SMILES string of the molecule is O=C(Nc1cccc(C(=O)Nc2nc3c(s2)CN(Cc2ccccc2)CC3)c1)c1cccnc1. The fourth-order valence-electron chi connectivity index (χ4n) is 3.89. The maximum absolute atomic E-state index is 12.9. The lowest BCUT2D eigenvalue weighted by molar-refractivity contribution is 0.101. The Labute approximate surface area is 201 Å². The van der Waals surface area contributed by atoms with E-state index in [0.717, 1.165) is 31.7 Å². The third-order valence-electron chi connectivity index (χ3n) is 5.59. The number of carbonyl (C=O) groups is 2. The molecule has 0 aliphatic carbocycles. The summed E-state index contributed by atoms with van der Waals surface area (Å²) in [4.78, 5) is 37.4. The third-order valence-corrected chi connectivity index (χ3v) is 6.58. The summed E-state index contributed by atoms with van der Waals surface area (Å²) in [7, 11) is 0.